The SMILES string of the molecule is Cc1ccccc1-n1c(Nc2cccc(-n3c4ccccc4c4ccccc43)c2)nc2ccccc21. The third-order valence-electron chi connectivity index (χ3n) is 6.86. The number of aromatic nitrogens is 3. The maximum atomic E-state index is 4.96. The van der Waals surface area contributed by atoms with Crippen LogP contribution in [0.4, 0.5) is 11.6 Å². The molecule has 4 heteroatoms. The van der Waals surface area contributed by atoms with E-state index < -0.39 is 0 Å². The predicted octanol–water partition coefficient (Wildman–Crippen LogP) is 8.17. The van der Waals surface area contributed by atoms with Gasteiger partial charge in [-0.05, 0) is 61.0 Å². The molecule has 4 nitrogen and oxygen atoms in total. The summed E-state index contributed by atoms with van der Waals surface area (Å²) >= 11 is 0. The zero-order valence-corrected chi connectivity index (χ0v) is 19.9. The second kappa shape index (κ2) is 8.14. The molecule has 172 valence electrons. The maximum absolute atomic E-state index is 4.96. The number of nitrogens with one attached hydrogen (secondary N) is 1. The van der Waals surface area contributed by atoms with E-state index in [4.69, 9.17) is 4.98 Å². The van der Waals surface area contributed by atoms with E-state index in [0.29, 0.717) is 0 Å². The van der Waals surface area contributed by atoms with Crippen molar-refractivity contribution in [3.8, 4) is 11.4 Å². The number of aryl methyl sites for hydroxylation is 1. The Hall–Kier alpha value is -4.83. The number of para-hydroxylation sites is 5. The molecule has 2 heterocycles. The van der Waals surface area contributed by atoms with Crippen LogP contribution in [-0.4, -0.2) is 14.1 Å². The Balaban J connectivity index is 1.39. The van der Waals surface area contributed by atoms with E-state index in [1.54, 1.807) is 0 Å². The molecule has 0 saturated heterocycles. The highest BCUT2D eigenvalue weighted by Gasteiger charge is 2.15. The Bertz CT molecular complexity index is 1840. The van der Waals surface area contributed by atoms with Gasteiger partial charge in [0.2, 0.25) is 5.95 Å². The molecule has 0 aliphatic carbocycles. The minimum absolute atomic E-state index is 0.796. The van der Waals surface area contributed by atoms with Crippen LogP contribution in [0.5, 0.6) is 0 Å². The molecule has 0 aliphatic rings. The number of nitrogens with zero attached hydrogens (tertiary/aromatic N) is 3. The first-order valence-electron chi connectivity index (χ1n) is 12.2. The highest BCUT2D eigenvalue weighted by molar-refractivity contribution is 6.09. The molecule has 0 saturated carbocycles. The van der Waals surface area contributed by atoms with Crippen molar-refractivity contribution >= 4 is 44.5 Å². The van der Waals surface area contributed by atoms with Crippen LogP contribution in [-0.2, 0) is 0 Å². The van der Waals surface area contributed by atoms with Gasteiger partial charge in [-0.1, -0.05) is 72.8 Å². The van der Waals surface area contributed by atoms with E-state index >= 15 is 0 Å². The lowest BCUT2D eigenvalue weighted by molar-refractivity contribution is 1.08. The fourth-order valence-corrected chi connectivity index (χ4v) is 5.22. The number of fused-ring (bicyclic) bond motifs is 4. The van der Waals surface area contributed by atoms with Crippen molar-refractivity contribution < 1.29 is 0 Å². The Morgan fingerprint density at radius 2 is 1.22 bits per heavy atom. The molecule has 0 atom stereocenters. The molecule has 0 amide bonds. The number of rotatable bonds is 4. The Morgan fingerprint density at radius 3 is 1.97 bits per heavy atom. The molecule has 36 heavy (non-hydrogen) atoms. The molecule has 1 N–H and O–H groups in total. The van der Waals surface area contributed by atoms with Gasteiger partial charge in [0, 0.05) is 22.1 Å². The lowest BCUT2D eigenvalue weighted by Gasteiger charge is -2.14. The second-order valence-electron chi connectivity index (χ2n) is 9.09. The molecule has 0 unspecified atom stereocenters. The minimum atomic E-state index is 0.796. The number of hydrogen-bond donors (Lipinski definition) is 1. The highest BCUT2D eigenvalue weighted by atomic mass is 15.2. The molecule has 0 bridgehead atoms. The first-order chi connectivity index (χ1) is 17.8. The van der Waals surface area contributed by atoms with Crippen LogP contribution in [0.2, 0.25) is 0 Å². The van der Waals surface area contributed by atoms with E-state index in [2.05, 4.69) is 137 Å². The lowest BCUT2D eigenvalue weighted by Crippen LogP contribution is -2.04. The summed E-state index contributed by atoms with van der Waals surface area (Å²) < 4.78 is 4.54. The van der Waals surface area contributed by atoms with Gasteiger partial charge in [0.1, 0.15) is 0 Å². The van der Waals surface area contributed by atoms with Gasteiger partial charge in [-0.15, -0.1) is 0 Å². The zero-order chi connectivity index (χ0) is 24.1. The van der Waals surface area contributed by atoms with Crippen molar-refractivity contribution in [3.05, 3.63) is 127 Å². The van der Waals surface area contributed by atoms with Gasteiger partial charge in [0.15, 0.2) is 0 Å². The number of imidazole rings is 1. The number of hydrogen-bond acceptors (Lipinski definition) is 2. The smallest absolute Gasteiger partial charge is 0.213 e. The fraction of sp³-hybridized carbons (Fsp3) is 0.0312. The summed E-state index contributed by atoms with van der Waals surface area (Å²) in [4.78, 5) is 4.96. The summed E-state index contributed by atoms with van der Waals surface area (Å²) in [5.74, 6) is 0.796. The van der Waals surface area contributed by atoms with Crippen molar-refractivity contribution in [1.29, 1.82) is 0 Å². The zero-order valence-electron chi connectivity index (χ0n) is 19.9. The average Bonchev–Trinajstić information content (AvgIpc) is 3.44. The lowest BCUT2D eigenvalue weighted by atomic mass is 10.2. The molecule has 0 aliphatic heterocycles. The summed E-state index contributed by atoms with van der Waals surface area (Å²) in [7, 11) is 0. The van der Waals surface area contributed by atoms with Crippen LogP contribution in [0.15, 0.2) is 121 Å². The third-order valence-corrected chi connectivity index (χ3v) is 6.86. The summed E-state index contributed by atoms with van der Waals surface area (Å²) in [6.45, 7) is 2.14. The Kier molecular flexibility index (Phi) is 4.64. The van der Waals surface area contributed by atoms with Crippen LogP contribution in [0, 0.1) is 6.92 Å². The van der Waals surface area contributed by atoms with Crippen LogP contribution < -0.4 is 5.32 Å². The van der Waals surface area contributed by atoms with E-state index in [9.17, 15) is 0 Å². The molecule has 2 aromatic heterocycles. The van der Waals surface area contributed by atoms with Crippen LogP contribution >= 0.6 is 0 Å². The molecule has 0 radical (unpaired) electrons. The van der Waals surface area contributed by atoms with Crippen LogP contribution in [0.25, 0.3) is 44.2 Å². The topological polar surface area (TPSA) is 34.8 Å². The van der Waals surface area contributed by atoms with Crippen LogP contribution in [0.1, 0.15) is 5.56 Å². The minimum Gasteiger partial charge on any atom is -0.325 e. The molecule has 5 aromatic carbocycles. The van der Waals surface area contributed by atoms with Gasteiger partial charge in [0.25, 0.3) is 0 Å². The summed E-state index contributed by atoms with van der Waals surface area (Å²) in [6.07, 6.45) is 0. The van der Waals surface area contributed by atoms with Crippen molar-refractivity contribution in [2.24, 2.45) is 0 Å². The van der Waals surface area contributed by atoms with Gasteiger partial charge < -0.3 is 9.88 Å². The first-order valence-corrected chi connectivity index (χ1v) is 12.2. The molecular weight excluding hydrogens is 440 g/mol. The largest absolute Gasteiger partial charge is 0.325 e. The summed E-state index contributed by atoms with van der Waals surface area (Å²) in [5.41, 5.74) is 8.84. The third kappa shape index (κ3) is 3.19. The predicted molar refractivity (Wildman–Crippen MR) is 150 cm³/mol. The molecule has 7 aromatic rings. The maximum Gasteiger partial charge on any atom is 0.213 e. The van der Waals surface area contributed by atoms with Gasteiger partial charge in [-0.2, -0.15) is 0 Å². The molecule has 7 rings (SSSR count). The van der Waals surface area contributed by atoms with Gasteiger partial charge in [-0.3, -0.25) is 4.57 Å². The molecular formula is C32H24N4. The number of anilines is 2. The summed E-state index contributed by atoms with van der Waals surface area (Å²) in [5, 5.41) is 6.14. The van der Waals surface area contributed by atoms with Crippen molar-refractivity contribution in [1.82, 2.24) is 14.1 Å². The number of benzene rings is 5. The van der Waals surface area contributed by atoms with Crippen molar-refractivity contribution in [3.63, 3.8) is 0 Å². The molecule has 0 spiro atoms. The van der Waals surface area contributed by atoms with Gasteiger partial charge in [-0.25, -0.2) is 4.98 Å². The van der Waals surface area contributed by atoms with Gasteiger partial charge in [0.05, 0.1) is 27.8 Å². The first kappa shape index (κ1) is 20.5. The Labute approximate surface area is 209 Å². The monoisotopic (exact) mass is 464 g/mol. The van der Waals surface area contributed by atoms with E-state index in [-0.39, 0.29) is 0 Å². The van der Waals surface area contributed by atoms with Gasteiger partial charge >= 0.3 is 0 Å². The van der Waals surface area contributed by atoms with Crippen molar-refractivity contribution in [2.75, 3.05) is 5.32 Å². The molecule has 0 fully saturated rings. The van der Waals surface area contributed by atoms with Crippen molar-refractivity contribution in [2.45, 2.75) is 6.92 Å². The second-order valence-corrected chi connectivity index (χ2v) is 9.09. The Morgan fingerprint density at radius 1 is 0.583 bits per heavy atom. The average molecular weight is 465 g/mol. The highest BCUT2D eigenvalue weighted by Crippen LogP contribution is 2.33. The van der Waals surface area contributed by atoms with E-state index in [1.807, 2.05) is 6.07 Å². The van der Waals surface area contributed by atoms with E-state index in [1.165, 1.54) is 27.4 Å². The standard InChI is InChI=1S/C32H24N4/c1-22-11-2-6-17-28(22)36-31-20-9-5-16-27(31)34-32(36)33-23-12-10-13-24(21-23)35-29-18-7-3-14-25(29)26-15-4-8-19-30(26)35/h2-21H,1H3,(H,33,34). The normalized spacial score (nSPS) is 11.5. The fourth-order valence-electron chi connectivity index (χ4n) is 5.22. The van der Waals surface area contributed by atoms with Crippen LogP contribution in [0.3, 0.4) is 0 Å². The quantitative estimate of drug-likeness (QED) is 0.285. The summed E-state index contributed by atoms with van der Waals surface area (Å²) in [6, 6.07) is 42.4. The van der Waals surface area contributed by atoms with E-state index in [0.717, 1.165) is 34.0 Å².